The Morgan fingerprint density at radius 1 is 1.36 bits per heavy atom. The normalized spacial score (nSPS) is 24.1. The maximum absolute atomic E-state index is 11.9. The molecule has 0 radical (unpaired) electrons. The van der Waals surface area contributed by atoms with Crippen molar-refractivity contribution in [2.75, 3.05) is 19.6 Å². The summed E-state index contributed by atoms with van der Waals surface area (Å²) in [6, 6.07) is 0. The van der Waals surface area contributed by atoms with E-state index in [1.165, 1.54) is 0 Å². The summed E-state index contributed by atoms with van der Waals surface area (Å²) >= 11 is 0. The number of nitrogens with one attached hydrogen (secondary N) is 1. The Bertz CT molecular complexity index is 296. The zero-order valence-electron chi connectivity index (χ0n) is 9.37. The molecule has 0 aliphatic carbocycles. The number of piperazine rings is 1. The Labute approximate surface area is 86.7 Å². The average molecular weight is 220 g/mol. The molecular formula is C9H20N2O2S. The van der Waals surface area contributed by atoms with Crippen LogP contribution in [0.1, 0.15) is 27.7 Å². The van der Waals surface area contributed by atoms with Gasteiger partial charge in [-0.05, 0) is 27.7 Å². The Morgan fingerprint density at radius 2 is 1.93 bits per heavy atom. The average Bonchev–Trinajstić information content (AvgIpc) is 2.02. The fourth-order valence-electron chi connectivity index (χ4n) is 1.61. The van der Waals surface area contributed by atoms with E-state index in [2.05, 4.69) is 5.32 Å². The highest BCUT2D eigenvalue weighted by Gasteiger charge is 2.34. The Balaban J connectivity index is 2.80. The van der Waals surface area contributed by atoms with E-state index in [0.29, 0.717) is 13.1 Å². The topological polar surface area (TPSA) is 49.4 Å². The molecule has 4 nitrogen and oxygen atoms in total. The van der Waals surface area contributed by atoms with Crippen molar-refractivity contribution in [3.8, 4) is 0 Å². The zero-order chi connectivity index (χ0) is 11.0. The summed E-state index contributed by atoms with van der Waals surface area (Å²) in [4.78, 5) is 0. The number of nitrogens with zero attached hydrogens (tertiary/aromatic N) is 1. The minimum atomic E-state index is -3.08. The van der Waals surface area contributed by atoms with Crippen molar-refractivity contribution in [3.05, 3.63) is 0 Å². The first-order chi connectivity index (χ1) is 6.26. The summed E-state index contributed by atoms with van der Waals surface area (Å²) in [5.41, 5.74) is -0.111. The van der Waals surface area contributed by atoms with Crippen molar-refractivity contribution in [1.82, 2.24) is 9.62 Å². The second-order valence-corrected chi connectivity index (χ2v) is 7.23. The first-order valence-corrected chi connectivity index (χ1v) is 6.50. The van der Waals surface area contributed by atoms with Crippen LogP contribution in [0.15, 0.2) is 0 Å². The lowest BCUT2D eigenvalue weighted by atomic mass is 10.0. The number of sulfonamides is 1. The molecule has 1 aliphatic rings. The van der Waals surface area contributed by atoms with Gasteiger partial charge in [0.1, 0.15) is 0 Å². The van der Waals surface area contributed by atoms with Gasteiger partial charge in [0.2, 0.25) is 10.0 Å². The molecule has 0 amide bonds. The second-order valence-electron chi connectivity index (χ2n) is 4.74. The van der Waals surface area contributed by atoms with E-state index in [-0.39, 0.29) is 10.8 Å². The van der Waals surface area contributed by atoms with Crippen molar-refractivity contribution in [2.45, 2.75) is 38.5 Å². The molecule has 5 heteroatoms. The summed E-state index contributed by atoms with van der Waals surface area (Å²) in [6.45, 7) is 9.38. The van der Waals surface area contributed by atoms with Crippen molar-refractivity contribution in [1.29, 1.82) is 0 Å². The standard InChI is InChI=1S/C9H20N2O2S/c1-8(2)14(12,13)11-6-5-10-9(3,4)7-11/h8,10H,5-7H2,1-4H3. The third-order valence-corrected chi connectivity index (χ3v) is 4.71. The lowest BCUT2D eigenvalue weighted by Gasteiger charge is -2.39. The molecule has 1 aliphatic heterocycles. The third-order valence-electron chi connectivity index (χ3n) is 2.49. The van der Waals surface area contributed by atoms with E-state index in [4.69, 9.17) is 0 Å². The molecule has 1 N–H and O–H groups in total. The van der Waals surface area contributed by atoms with Gasteiger partial charge in [-0.1, -0.05) is 0 Å². The van der Waals surface area contributed by atoms with Crippen molar-refractivity contribution in [3.63, 3.8) is 0 Å². The highest BCUT2D eigenvalue weighted by molar-refractivity contribution is 7.89. The number of rotatable bonds is 2. The van der Waals surface area contributed by atoms with Crippen LogP contribution < -0.4 is 5.32 Å². The molecule has 0 aromatic heterocycles. The van der Waals surface area contributed by atoms with Crippen LogP contribution in [0.3, 0.4) is 0 Å². The van der Waals surface area contributed by atoms with E-state index in [0.717, 1.165) is 6.54 Å². The van der Waals surface area contributed by atoms with Crippen LogP contribution in [0.2, 0.25) is 0 Å². The van der Waals surface area contributed by atoms with Gasteiger partial charge in [-0.25, -0.2) is 8.42 Å². The lowest BCUT2D eigenvalue weighted by molar-refractivity contribution is 0.232. The first-order valence-electron chi connectivity index (χ1n) is 5.00. The minimum Gasteiger partial charge on any atom is -0.309 e. The van der Waals surface area contributed by atoms with Crippen LogP contribution in [-0.4, -0.2) is 43.1 Å². The molecule has 1 fully saturated rings. The summed E-state index contributed by atoms with van der Waals surface area (Å²) in [7, 11) is -3.08. The van der Waals surface area contributed by atoms with Crippen LogP contribution in [0, 0.1) is 0 Å². The highest BCUT2D eigenvalue weighted by atomic mass is 32.2. The second kappa shape index (κ2) is 3.79. The van der Waals surface area contributed by atoms with Gasteiger partial charge in [0.15, 0.2) is 0 Å². The number of hydrogen-bond acceptors (Lipinski definition) is 3. The van der Waals surface area contributed by atoms with Gasteiger partial charge in [-0.2, -0.15) is 4.31 Å². The molecule has 1 heterocycles. The van der Waals surface area contributed by atoms with Crippen molar-refractivity contribution < 1.29 is 8.42 Å². The van der Waals surface area contributed by atoms with E-state index < -0.39 is 10.0 Å². The van der Waals surface area contributed by atoms with Crippen LogP contribution in [0.4, 0.5) is 0 Å². The van der Waals surface area contributed by atoms with Gasteiger partial charge in [0.25, 0.3) is 0 Å². The van der Waals surface area contributed by atoms with Crippen LogP contribution in [0.5, 0.6) is 0 Å². The number of hydrogen-bond donors (Lipinski definition) is 1. The van der Waals surface area contributed by atoms with E-state index in [1.54, 1.807) is 18.2 Å². The summed E-state index contributed by atoms with van der Waals surface area (Å²) < 4.78 is 25.3. The highest BCUT2D eigenvalue weighted by Crippen LogP contribution is 2.16. The van der Waals surface area contributed by atoms with Crippen molar-refractivity contribution in [2.24, 2.45) is 0 Å². The van der Waals surface area contributed by atoms with Crippen LogP contribution in [0.25, 0.3) is 0 Å². The molecule has 84 valence electrons. The molecular weight excluding hydrogens is 200 g/mol. The van der Waals surface area contributed by atoms with Crippen LogP contribution in [-0.2, 0) is 10.0 Å². The van der Waals surface area contributed by atoms with Gasteiger partial charge < -0.3 is 5.32 Å². The first kappa shape index (κ1) is 11.9. The largest absolute Gasteiger partial charge is 0.309 e. The fraction of sp³-hybridized carbons (Fsp3) is 1.00. The fourth-order valence-corrected chi connectivity index (χ4v) is 3.05. The molecule has 0 bridgehead atoms. The zero-order valence-corrected chi connectivity index (χ0v) is 10.2. The summed E-state index contributed by atoms with van der Waals surface area (Å²) in [6.07, 6.45) is 0. The molecule has 0 unspecified atom stereocenters. The van der Waals surface area contributed by atoms with E-state index >= 15 is 0 Å². The lowest BCUT2D eigenvalue weighted by Crippen LogP contribution is -2.59. The maximum Gasteiger partial charge on any atom is 0.216 e. The molecule has 0 aromatic carbocycles. The quantitative estimate of drug-likeness (QED) is 0.733. The van der Waals surface area contributed by atoms with Gasteiger partial charge in [-0.15, -0.1) is 0 Å². The third kappa shape index (κ3) is 2.46. The molecule has 14 heavy (non-hydrogen) atoms. The minimum absolute atomic E-state index is 0.111. The predicted molar refractivity (Wildman–Crippen MR) is 57.7 cm³/mol. The van der Waals surface area contributed by atoms with Gasteiger partial charge in [-0.3, -0.25) is 0 Å². The summed E-state index contributed by atoms with van der Waals surface area (Å²) in [5.74, 6) is 0. The maximum atomic E-state index is 11.9. The van der Waals surface area contributed by atoms with Gasteiger partial charge in [0.05, 0.1) is 5.25 Å². The van der Waals surface area contributed by atoms with Crippen molar-refractivity contribution >= 4 is 10.0 Å². The Kier molecular flexibility index (Phi) is 3.23. The van der Waals surface area contributed by atoms with E-state index in [9.17, 15) is 8.42 Å². The Morgan fingerprint density at radius 3 is 2.36 bits per heavy atom. The van der Waals surface area contributed by atoms with E-state index in [1.807, 2.05) is 13.8 Å². The summed E-state index contributed by atoms with van der Waals surface area (Å²) in [5, 5.41) is 2.97. The predicted octanol–water partition coefficient (Wildman–Crippen LogP) is 0.408. The Hall–Kier alpha value is -0.130. The molecule has 0 saturated carbocycles. The monoisotopic (exact) mass is 220 g/mol. The molecule has 0 aromatic rings. The molecule has 0 atom stereocenters. The molecule has 0 spiro atoms. The molecule has 1 rings (SSSR count). The van der Waals surface area contributed by atoms with Crippen LogP contribution >= 0.6 is 0 Å². The van der Waals surface area contributed by atoms with Gasteiger partial charge in [0, 0.05) is 25.2 Å². The molecule has 1 saturated heterocycles. The SMILES string of the molecule is CC(C)S(=O)(=O)N1CCNC(C)(C)C1. The van der Waals surface area contributed by atoms with Gasteiger partial charge >= 0.3 is 0 Å². The smallest absolute Gasteiger partial charge is 0.216 e.